The fraction of sp³-hybridized carbons (Fsp3) is 0.600. The summed E-state index contributed by atoms with van der Waals surface area (Å²) >= 11 is 0. The Balaban J connectivity index is 2.00. The first-order valence-electron chi connectivity index (χ1n) is 6.84. The third-order valence-corrected chi connectivity index (χ3v) is 4.48. The number of fused-ring (bicyclic) bond motifs is 1. The molecule has 0 saturated heterocycles. The fourth-order valence-electron chi connectivity index (χ4n) is 3.22. The summed E-state index contributed by atoms with van der Waals surface area (Å²) in [6, 6.07) is 5.07. The zero-order valence-electron chi connectivity index (χ0n) is 11.0. The summed E-state index contributed by atoms with van der Waals surface area (Å²) in [5, 5.41) is 3.31. The lowest BCUT2D eigenvalue weighted by Gasteiger charge is -2.42. The van der Waals surface area contributed by atoms with E-state index in [4.69, 9.17) is 4.74 Å². The number of ether oxygens (including phenoxy) is 1. The van der Waals surface area contributed by atoms with E-state index in [9.17, 15) is 4.39 Å². The Morgan fingerprint density at radius 3 is 2.83 bits per heavy atom. The van der Waals surface area contributed by atoms with Crippen molar-refractivity contribution in [1.29, 1.82) is 0 Å². The average Bonchev–Trinajstić information content (AvgIpc) is 3.22. The lowest BCUT2D eigenvalue weighted by molar-refractivity contribution is 0.00651. The Morgan fingerprint density at radius 1 is 1.44 bits per heavy atom. The van der Waals surface area contributed by atoms with Gasteiger partial charge in [0.05, 0.1) is 0 Å². The van der Waals surface area contributed by atoms with Crippen LogP contribution in [0.3, 0.4) is 0 Å². The van der Waals surface area contributed by atoms with E-state index in [0.717, 1.165) is 24.2 Å². The highest BCUT2D eigenvalue weighted by molar-refractivity contribution is 5.40. The van der Waals surface area contributed by atoms with Crippen molar-refractivity contribution in [2.45, 2.75) is 44.2 Å². The summed E-state index contributed by atoms with van der Waals surface area (Å²) in [5.74, 6) is 1.35. The molecule has 2 atom stereocenters. The van der Waals surface area contributed by atoms with Crippen LogP contribution in [0.5, 0.6) is 5.75 Å². The molecule has 18 heavy (non-hydrogen) atoms. The van der Waals surface area contributed by atoms with E-state index in [-0.39, 0.29) is 17.5 Å². The van der Waals surface area contributed by atoms with Crippen molar-refractivity contribution < 1.29 is 9.13 Å². The van der Waals surface area contributed by atoms with Gasteiger partial charge >= 0.3 is 0 Å². The van der Waals surface area contributed by atoms with Crippen molar-refractivity contribution in [1.82, 2.24) is 5.32 Å². The molecule has 2 aliphatic rings. The average molecular weight is 249 g/mol. The van der Waals surface area contributed by atoms with E-state index >= 15 is 0 Å². The molecular weight excluding hydrogens is 229 g/mol. The van der Waals surface area contributed by atoms with Crippen molar-refractivity contribution in [2.24, 2.45) is 5.92 Å². The number of rotatable bonds is 3. The lowest BCUT2D eigenvalue weighted by atomic mass is 9.82. The monoisotopic (exact) mass is 249 g/mol. The molecule has 1 aliphatic heterocycles. The van der Waals surface area contributed by atoms with Crippen molar-refractivity contribution in [3.63, 3.8) is 0 Å². The van der Waals surface area contributed by atoms with Gasteiger partial charge in [0, 0.05) is 18.0 Å². The zero-order chi connectivity index (χ0) is 12.8. The molecule has 1 fully saturated rings. The van der Waals surface area contributed by atoms with E-state index < -0.39 is 0 Å². The molecule has 0 amide bonds. The summed E-state index contributed by atoms with van der Waals surface area (Å²) in [5.41, 5.74) is 0.917. The lowest BCUT2D eigenvalue weighted by Crippen LogP contribution is -2.45. The van der Waals surface area contributed by atoms with Crippen LogP contribution in [0.4, 0.5) is 4.39 Å². The van der Waals surface area contributed by atoms with Crippen LogP contribution in [0.2, 0.25) is 0 Å². The first-order valence-corrected chi connectivity index (χ1v) is 6.84. The molecule has 3 heteroatoms. The van der Waals surface area contributed by atoms with Crippen molar-refractivity contribution in [2.75, 3.05) is 7.05 Å². The molecule has 3 rings (SSSR count). The van der Waals surface area contributed by atoms with E-state index in [1.807, 2.05) is 7.05 Å². The molecule has 1 aromatic carbocycles. The van der Waals surface area contributed by atoms with Crippen molar-refractivity contribution >= 4 is 0 Å². The molecule has 1 aliphatic carbocycles. The number of hydrogen-bond acceptors (Lipinski definition) is 2. The number of halogens is 1. The van der Waals surface area contributed by atoms with Gasteiger partial charge in [-0.3, -0.25) is 0 Å². The minimum atomic E-state index is -0.187. The third kappa shape index (κ3) is 1.81. The molecule has 2 unspecified atom stereocenters. The van der Waals surface area contributed by atoms with E-state index in [1.165, 1.54) is 18.9 Å². The zero-order valence-corrected chi connectivity index (χ0v) is 11.0. The smallest absolute Gasteiger partial charge is 0.125 e. The Bertz CT molecular complexity index is 458. The predicted octanol–water partition coefficient (Wildman–Crippen LogP) is 3.43. The predicted molar refractivity (Wildman–Crippen MR) is 69.2 cm³/mol. The van der Waals surface area contributed by atoms with Crippen molar-refractivity contribution in [3.8, 4) is 5.75 Å². The van der Waals surface area contributed by atoms with Gasteiger partial charge in [-0.15, -0.1) is 0 Å². The fourth-order valence-corrected chi connectivity index (χ4v) is 3.22. The number of benzene rings is 1. The molecule has 0 bridgehead atoms. The Kier molecular flexibility index (Phi) is 2.81. The van der Waals surface area contributed by atoms with Crippen molar-refractivity contribution in [3.05, 3.63) is 29.6 Å². The Morgan fingerprint density at radius 2 is 2.22 bits per heavy atom. The van der Waals surface area contributed by atoms with Gasteiger partial charge in [0.25, 0.3) is 0 Å². The normalized spacial score (nSPS) is 30.7. The maximum absolute atomic E-state index is 13.4. The number of nitrogens with one attached hydrogen (secondary N) is 1. The Hall–Kier alpha value is -1.09. The van der Waals surface area contributed by atoms with Gasteiger partial charge in [-0.05, 0) is 50.4 Å². The standard InChI is InChI=1S/C15H20FNO/c1-3-15(10-4-5-10)9-13(17-2)12-8-11(16)6-7-14(12)18-15/h6-8,10,13,17H,3-5,9H2,1-2H3. The largest absolute Gasteiger partial charge is 0.487 e. The van der Waals surface area contributed by atoms with Crippen LogP contribution in [0.25, 0.3) is 0 Å². The maximum atomic E-state index is 13.4. The van der Waals surface area contributed by atoms with Gasteiger partial charge in [0.15, 0.2) is 0 Å². The van der Waals surface area contributed by atoms with Gasteiger partial charge < -0.3 is 10.1 Å². The van der Waals surface area contributed by atoms with Gasteiger partial charge in [0.2, 0.25) is 0 Å². The summed E-state index contributed by atoms with van der Waals surface area (Å²) in [7, 11) is 1.94. The molecule has 0 aromatic heterocycles. The second kappa shape index (κ2) is 4.23. The van der Waals surface area contributed by atoms with Gasteiger partial charge in [0.1, 0.15) is 17.2 Å². The first-order chi connectivity index (χ1) is 8.68. The van der Waals surface area contributed by atoms with Gasteiger partial charge in [-0.1, -0.05) is 6.92 Å². The first kappa shape index (κ1) is 12.0. The molecule has 1 aromatic rings. The topological polar surface area (TPSA) is 21.3 Å². The van der Waals surface area contributed by atoms with E-state index in [0.29, 0.717) is 5.92 Å². The van der Waals surface area contributed by atoms with Crippen LogP contribution in [0.15, 0.2) is 18.2 Å². The molecule has 98 valence electrons. The minimum absolute atomic E-state index is 0.0431. The van der Waals surface area contributed by atoms with Gasteiger partial charge in [-0.2, -0.15) is 0 Å². The molecule has 0 radical (unpaired) electrons. The summed E-state index contributed by atoms with van der Waals surface area (Å²) < 4.78 is 19.6. The van der Waals surface area contributed by atoms with E-state index in [1.54, 1.807) is 12.1 Å². The highest BCUT2D eigenvalue weighted by atomic mass is 19.1. The highest BCUT2D eigenvalue weighted by Gasteiger charge is 2.49. The molecule has 2 nitrogen and oxygen atoms in total. The van der Waals surface area contributed by atoms with Crippen LogP contribution in [0.1, 0.15) is 44.2 Å². The molecule has 1 N–H and O–H groups in total. The minimum Gasteiger partial charge on any atom is -0.487 e. The molecule has 1 saturated carbocycles. The van der Waals surface area contributed by atoms with Crippen LogP contribution < -0.4 is 10.1 Å². The summed E-state index contributed by atoms with van der Waals surface area (Å²) in [6.07, 6.45) is 4.50. The second-order valence-corrected chi connectivity index (χ2v) is 5.52. The third-order valence-electron chi connectivity index (χ3n) is 4.48. The second-order valence-electron chi connectivity index (χ2n) is 5.52. The van der Waals surface area contributed by atoms with Crippen LogP contribution in [0, 0.1) is 11.7 Å². The summed E-state index contributed by atoms with van der Waals surface area (Å²) in [6.45, 7) is 2.19. The highest BCUT2D eigenvalue weighted by Crippen LogP contribution is 2.52. The Labute approximate surface area is 108 Å². The van der Waals surface area contributed by atoms with Crippen LogP contribution in [-0.4, -0.2) is 12.6 Å². The summed E-state index contributed by atoms with van der Waals surface area (Å²) in [4.78, 5) is 0. The molecular formula is C15H20FNO. The SMILES string of the molecule is CCC1(C2CC2)CC(NC)c2cc(F)ccc2O1. The molecule has 0 spiro atoms. The van der Waals surface area contributed by atoms with Crippen LogP contribution in [-0.2, 0) is 0 Å². The maximum Gasteiger partial charge on any atom is 0.125 e. The number of hydrogen-bond donors (Lipinski definition) is 1. The van der Waals surface area contributed by atoms with Crippen LogP contribution >= 0.6 is 0 Å². The quantitative estimate of drug-likeness (QED) is 0.886. The van der Waals surface area contributed by atoms with E-state index in [2.05, 4.69) is 12.2 Å². The molecule has 1 heterocycles. The van der Waals surface area contributed by atoms with Gasteiger partial charge in [-0.25, -0.2) is 4.39 Å².